The molecule has 3 saturated carbocycles. The second kappa shape index (κ2) is 9.13. The number of hydrogen-bond acceptors (Lipinski definition) is 5. The third-order valence-corrected chi connectivity index (χ3v) is 11.6. The maximum atomic E-state index is 10.3. The van der Waals surface area contributed by atoms with Crippen LogP contribution in [0.15, 0.2) is 30.1 Å². The van der Waals surface area contributed by atoms with Crippen LogP contribution in [0.2, 0.25) is 0 Å². The van der Waals surface area contributed by atoms with E-state index in [2.05, 4.69) is 46.6 Å². The Kier molecular flexibility index (Phi) is 6.24. The number of rotatable bonds is 4. The molecule has 0 bridgehead atoms. The molecule has 2 heterocycles. The van der Waals surface area contributed by atoms with Crippen molar-refractivity contribution in [2.24, 2.45) is 40.4 Å². The van der Waals surface area contributed by atoms with Gasteiger partial charge in [0.25, 0.3) is 0 Å². The Morgan fingerprint density at radius 2 is 1.77 bits per heavy atom. The minimum atomic E-state index is -0.0986. The number of fused-ring (bicyclic) bond motifs is 5. The quantitative estimate of drug-likeness (QED) is 0.605. The van der Waals surface area contributed by atoms with Crippen LogP contribution in [0.25, 0.3) is 0 Å². The minimum Gasteiger partial charge on any atom is -0.393 e. The predicted molar refractivity (Wildman–Crippen MR) is 141 cm³/mol. The van der Waals surface area contributed by atoms with Gasteiger partial charge in [-0.3, -0.25) is 4.90 Å². The molecule has 8 atom stereocenters. The zero-order valence-electron chi connectivity index (χ0n) is 22.2. The van der Waals surface area contributed by atoms with Crippen molar-refractivity contribution in [2.45, 2.75) is 78.2 Å². The molecular weight excluding hydrogens is 432 g/mol. The Bertz CT molecular complexity index is 928. The van der Waals surface area contributed by atoms with Gasteiger partial charge in [0, 0.05) is 45.1 Å². The largest absolute Gasteiger partial charge is 0.393 e. The normalized spacial score (nSPS) is 42.6. The SMILES string of the molecule is C[C@H](CN1CCN(c2ncccn2)CC1)[C@H]1CCC2C3CC=C4C[C@@H](O)CC[C@]4(C)C3CC[C@@]21C. The van der Waals surface area contributed by atoms with Gasteiger partial charge in [-0.2, -0.15) is 0 Å². The van der Waals surface area contributed by atoms with Crippen LogP contribution >= 0.6 is 0 Å². The van der Waals surface area contributed by atoms with Gasteiger partial charge < -0.3 is 10.0 Å². The molecule has 1 saturated heterocycles. The number of hydrogen-bond donors (Lipinski definition) is 1. The van der Waals surface area contributed by atoms with E-state index in [1.807, 2.05) is 18.5 Å². The predicted octanol–water partition coefficient (Wildman–Crippen LogP) is 5.17. The highest BCUT2D eigenvalue weighted by Crippen LogP contribution is 2.67. The summed E-state index contributed by atoms with van der Waals surface area (Å²) in [6.45, 7) is 13.3. The summed E-state index contributed by atoms with van der Waals surface area (Å²) in [7, 11) is 0. The van der Waals surface area contributed by atoms with Crippen molar-refractivity contribution in [2.75, 3.05) is 37.6 Å². The minimum absolute atomic E-state index is 0.0986. The van der Waals surface area contributed by atoms with Crippen LogP contribution in [0, 0.1) is 40.4 Å². The monoisotopic (exact) mass is 478 g/mol. The highest BCUT2D eigenvalue weighted by Gasteiger charge is 2.59. The van der Waals surface area contributed by atoms with E-state index in [-0.39, 0.29) is 6.10 Å². The second-order valence-corrected chi connectivity index (χ2v) is 13.2. The van der Waals surface area contributed by atoms with E-state index in [1.54, 1.807) is 5.57 Å². The summed E-state index contributed by atoms with van der Waals surface area (Å²) < 4.78 is 0. The van der Waals surface area contributed by atoms with E-state index in [0.717, 1.165) is 74.6 Å². The molecule has 1 N–H and O–H groups in total. The molecule has 6 rings (SSSR count). The topological polar surface area (TPSA) is 52.5 Å². The van der Waals surface area contributed by atoms with Crippen molar-refractivity contribution in [3.05, 3.63) is 30.1 Å². The Morgan fingerprint density at radius 1 is 1.00 bits per heavy atom. The number of aromatic nitrogens is 2. The van der Waals surface area contributed by atoms with Crippen LogP contribution in [0.3, 0.4) is 0 Å². The Morgan fingerprint density at radius 3 is 2.54 bits per heavy atom. The first-order chi connectivity index (χ1) is 16.9. The maximum Gasteiger partial charge on any atom is 0.225 e. The van der Waals surface area contributed by atoms with Crippen LogP contribution in [0.5, 0.6) is 0 Å². The van der Waals surface area contributed by atoms with Crippen LogP contribution in [-0.4, -0.2) is 58.8 Å². The molecule has 1 aromatic rings. The third kappa shape index (κ3) is 4.05. The molecule has 0 radical (unpaired) electrons. The summed E-state index contributed by atoms with van der Waals surface area (Å²) in [4.78, 5) is 13.9. The van der Waals surface area contributed by atoms with E-state index in [1.165, 1.54) is 45.1 Å². The fraction of sp³-hybridized carbons (Fsp3) is 0.800. The standard InChI is InChI=1S/C30H46N4O/c1-21(20-33-15-17-34(18-16-33)28-31-13-4-14-32-28)25-7-8-26-24-6-5-22-19-23(35)9-11-29(22,2)27(24)10-12-30(25,26)3/h4-5,13-14,21,23-27,35H,6-12,15-20H2,1-3H3/t21-,23+,24?,25-,26?,27?,29+,30-/m1/s1. The van der Waals surface area contributed by atoms with Gasteiger partial charge in [0.1, 0.15) is 0 Å². The van der Waals surface area contributed by atoms with Gasteiger partial charge in [0.15, 0.2) is 0 Å². The van der Waals surface area contributed by atoms with Crippen molar-refractivity contribution < 1.29 is 5.11 Å². The van der Waals surface area contributed by atoms with Crippen molar-refractivity contribution in [1.82, 2.24) is 14.9 Å². The molecule has 192 valence electrons. The van der Waals surface area contributed by atoms with E-state index in [0.29, 0.717) is 10.8 Å². The zero-order chi connectivity index (χ0) is 24.2. The van der Waals surface area contributed by atoms with Crippen molar-refractivity contribution in [1.29, 1.82) is 0 Å². The van der Waals surface area contributed by atoms with Gasteiger partial charge >= 0.3 is 0 Å². The van der Waals surface area contributed by atoms with E-state index >= 15 is 0 Å². The number of aliphatic hydroxyl groups excluding tert-OH is 1. The fourth-order valence-electron chi connectivity index (χ4n) is 9.74. The molecule has 35 heavy (non-hydrogen) atoms. The highest BCUT2D eigenvalue weighted by atomic mass is 16.3. The smallest absolute Gasteiger partial charge is 0.225 e. The number of anilines is 1. The first-order valence-electron chi connectivity index (χ1n) is 14.5. The van der Waals surface area contributed by atoms with Gasteiger partial charge in [-0.15, -0.1) is 0 Å². The Labute approximate surface area is 212 Å². The summed E-state index contributed by atoms with van der Waals surface area (Å²) >= 11 is 0. The lowest BCUT2D eigenvalue weighted by Crippen LogP contribution is -2.52. The van der Waals surface area contributed by atoms with Gasteiger partial charge in [0.2, 0.25) is 5.95 Å². The Balaban J connectivity index is 1.10. The molecule has 0 spiro atoms. The van der Waals surface area contributed by atoms with Gasteiger partial charge in [-0.25, -0.2) is 9.97 Å². The zero-order valence-corrected chi connectivity index (χ0v) is 22.2. The van der Waals surface area contributed by atoms with Gasteiger partial charge in [-0.1, -0.05) is 32.4 Å². The van der Waals surface area contributed by atoms with Crippen LogP contribution < -0.4 is 4.90 Å². The lowest BCUT2D eigenvalue weighted by molar-refractivity contribution is -0.0585. The lowest BCUT2D eigenvalue weighted by Gasteiger charge is -2.58. The molecule has 5 aliphatic rings. The van der Waals surface area contributed by atoms with Gasteiger partial charge in [-0.05, 0) is 97.9 Å². The molecule has 0 amide bonds. The van der Waals surface area contributed by atoms with Crippen molar-refractivity contribution in [3.8, 4) is 0 Å². The molecule has 5 nitrogen and oxygen atoms in total. The molecule has 3 unspecified atom stereocenters. The van der Waals surface area contributed by atoms with Crippen LogP contribution in [-0.2, 0) is 0 Å². The van der Waals surface area contributed by atoms with Crippen molar-refractivity contribution in [3.63, 3.8) is 0 Å². The first kappa shape index (κ1) is 23.9. The number of piperazine rings is 1. The van der Waals surface area contributed by atoms with E-state index < -0.39 is 0 Å². The molecule has 4 aliphatic carbocycles. The molecule has 4 fully saturated rings. The maximum absolute atomic E-state index is 10.3. The molecule has 1 aromatic heterocycles. The number of allylic oxidation sites excluding steroid dienone is 1. The summed E-state index contributed by atoms with van der Waals surface area (Å²) in [5, 5.41) is 10.3. The fourth-order valence-corrected chi connectivity index (χ4v) is 9.74. The van der Waals surface area contributed by atoms with Gasteiger partial charge in [0.05, 0.1) is 6.10 Å². The molecule has 5 heteroatoms. The summed E-state index contributed by atoms with van der Waals surface area (Å²) in [6.07, 6.45) is 16.3. The first-order valence-corrected chi connectivity index (χ1v) is 14.5. The third-order valence-electron chi connectivity index (χ3n) is 11.6. The molecular formula is C30H46N4O. The molecule has 0 aromatic carbocycles. The lowest BCUT2D eigenvalue weighted by atomic mass is 9.47. The average Bonchev–Trinajstić information content (AvgIpc) is 3.23. The highest BCUT2D eigenvalue weighted by molar-refractivity contribution is 5.29. The van der Waals surface area contributed by atoms with E-state index in [9.17, 15) is 5.11 Å². The van der Waals surface area contributed by atoms with Crippen molar-refractivity contribution >= 4 is 5.95 Å². The van der Waals surface area contributed by atoms with Crippen LogP contribution in [0.4, 0.5) is 5.95 Å². The number of nitrogens with zero attached hydrogens (tertiary/aromatic N) is 4. The Hall–Kier alpha value is -1.46. The average molecular weight is 479 g/mol. The molecule has 1 aliphatic heterocycles. The second-order valence-electron chi connectivity index (χ2n) is 13.2. The summed E-state index contributed by atoms with van der Waals surface area (Å²) in [5.41, 5.74) is 2.47. The summed E-state index contributed by atoms with van der Waals surface area (Å²) in [6, 6.07) is 1.90. The van der Waals surface area contributed by atoms with E-state index in [4.69, 9.17) is 0 Å². The number of aliphatic hydroxyl groups is 1. The van der Waals surface area contributed by atoms with Crippen LogP contribution in [0.1, 0.15) is 72.1 Å². The summed E-state index contributed by atoms with van der Waals surface area (Å²) in [5.74, 6) is 5.10.